The van der Waals surface area contributed by atoms with Crippen LogP contribution in [0.2, 0.25) is 0 Å². The van der Waals surface area contributed by atoms with E-state index in [1.165, 1.54) is 0 Å². The maximum absolute atomic E-state index is 8.77. The van der Waals surface area contributed by atoms with Crippen LogP contribution in [0.3, 0.4) is 0 Å². The zero-order valence-electron chi connectivity index (χ0n) is 12.8. The molecule has 0 heterocycles. The SMILES string of the molecule is CCC(C)OC(C)CO.CCC(C)OCC(C)O. The summed E-state index contributed by atoms with van der Waals surface area (Å²) in [5, 5.41) is 17.3. The number of aliphatic hydroxyl groups excluding tert-OH is 2. The van der Waals surface area contributed by atoms with Gasteiger partial charge in [-0.1, -0.05) is 13.8 Å². The van der Waals surface area contributed by atoms with Crippen molar-refractivity contribution in [1.29, 1.82) is 0 Å². The quantitative estimate of drug-likeness (QED) is 0.706. The Morgan fingerprint density at radius 3 is 1.72 bits per heavy atom. The first kappa shape index (κ1) is 20.2. The highest BCUT2D eigenvalue weighted by molar-refractivity contribution is 4.50. The summed E-state index contributed by atoms with van der Waals surface area (Å²) in [6, 6.07) is 0. The van der Waals surface area contributed by atoms with Crippen molar-refractivity contribution >= 4 is 0 Å². The van der Waals surface area contributed by atoms with Gasteiger partial charge in [0, 0.05) is 0 Å². The van der Waals surface area contributed by atoms with Gasteiger partial charge in [0.2, 0.25) is 0 Å². The van der Waals surface area contributed by atoms with E-state index < -0.39 is 0 Å². The monoisotopic (exact) mass is 264 g/mol. The molecule has 0 aliphatic heterocycles. The fraction of sp³-hybridized carbons (Fsp3) is 1.00. The van der Waals surface area contributed by atoms with Crippen LogP contribution in [-0.4, -0.2) is 47.8 Å². The lowest BCUT2D eigenvalue weighted by Gasteiger charge is -2.14. The van der Waals surface area contributed by atoms with Crippen molar-refractivity contribution in [2.45, 2.75) is 78.8 Å². The average molecular weight is 264 g/mol. The Balaban J connectivity index is 0. The molecule has 0 saturated heterocycles. The zero-order chi connectivity index (χ0) is 14.6. The van der Waals surface area contributed by atoms with Gasteiger partial charge < -0.3 is 19.7 Å². The fourth-order valence-corrected chi connectivity index (χ4v) is 0.957. The van der Waals surface area contributed by atoms with Gasteiger partial charge in [-0.15, -0.1) is 0 Å². The summed E-state index contributed by atoms with van der Waals surface area (Å²) in [7, 11) is 0. The zero-order valence-corrected chi connectivity index (χ0v) is 12.8. The second-order valence-corrected chi connectivity index (χ2v) is 4.75. The minimum Gasteiger partial charge on any atom is -0.394 e. The van der Waals surface area contributed by atoms with Crippen LogP contribution in [0.5, 0.6) is 0 Å². The number of hydrogen-bond donors (Lipinski definition) is 2. The van der Waals surface area contributed by atoms with Gasteiger partial charge in [-0.3, -0.25) is 0 Å². The molecule has 0 radical (unpaired) electrons. The van der Waals surface area contributed by atoms with Crippen molar-refractivity contribution in [2.24, 2.45) is 0 Å². The molecular formula is C14H32O4. The first-order valence-corrected chi connectivity index (χ1v) is 6.93. The Morgan fingerprint density at radius 2 is 1.39 bits per heavy atom. The molecule has 4 unspecified atom stereocenters. The Hall–Kier alpha value is -0.160. The lowest BCUT2D eigenvalue weighted by Crippen LogP contribution is -2.19. The Bertz CT molecular complexity index is 154. The lowest BCUT2D eigenvalue weighted by atomic mass is 10.3. The van der Waals surface area contributed by atoms with Crippen LogP contribution in [-0.2, 0) is 9.47 Å². The molecule has 0 bridgehead atoms. The van der Waals surface area contributed by atoms with E-state index in [0.717, 1.165) is 12.8 Å². The second-order valence-electron chi connectivity index (χ2n) is 4.75. The summed E-state index contributed by atoms with van der Waals surface area (Å²) in [5.74, 6) is 0. The molecule has 0 aromatic carbocycles. The van der Waals surface area contributed by atoms with Crippen LogP contribution in [0.25, 0.3) is 0 Å². The summed E-state index contributed by atoms with van der Waals surface area (Å²) in [4.78, 5) is 0. The molecule has 0 spiro atoms. The van der Waals surface area contributed by atoms with Gasteiger partial charge in [-0.2, -0.15) is 0 Å². The molecule has 18 heavy (non-hydrogen) atoms. The van der Waals surface area contributed by atoms with E-state index in [2.05, 4.69) is 13.8 Å². The number of rotatable bonds is 8. The maximum Gasteiger partial charge on any atom is 0.0781 e. The first-order chi connectivity index (χ1) is 8.37. The Labute approximate surface area is 112 Å². The van der Waals surface area contributed by atoms with Gasteiger partial charge in [0.15, 0.2) is 0 Å². The van der Waals surface area contributed by atoms with Crippen LogP contribution in [0.4, 0.5) is 0 Å². The molecule has 0 aromatic heterocycles. The predicted molar refractivity (Wildman–Crippen MR) is 74.8 cm³/mol. The third kappa shape index (κ3) is 15.8. The summed E-state index contributed by atoms with van der Waals surface area (Å²) in [6.07, 6.45) is 2.21. The minimum atomic E-state index is -0.334. The molecule has 0 aliphatic carbocycles. The van der Waals surface area contributed by atoms with Gasteiger partial charge in [-0.05, 0) is 40.5 Å². The fourth-order valence-electron chi connectivity index (χ4n) is 0.957. The van der Waals surface area contributed by atoms with Crippen molar-refractivity contribution in [2.75, 3.05) is 13.2 Å². The van der Waals surface area contributed by atoms with Gasteiger partial charge in [0.1, 0.15) is 0 Å². The highest BCUT2D eigenvalue weighted by Crippen LogP contribution is 1.99. The highest BCUT2D eigenvalue weighted by atomic mass is 16.5. The molecule has 0 aliphatic rings. The molecule has 112 valence electrons. The van der Waals surface area contributed by atoms with E-state index in [4.69, 9.17) is 19.7 Å². The van der Waals surface area contributed by atoms with Crippen molar-refractivity contribution in [3.05, 3.63) is 0 Å². The Morgan fingerprint density at radius 1 is 0.889 bits per heavy atom. The van der Waals surface area contributed by atoms with E-state index in [1.54, 1.807) is 6.92 Å². The molecule has 0 fully saturated rings. The number of aliphatic hydroxyl groups is 2. The van der Waals surface area contributed by atoms with E-state index in [-0.39, 0.29) is 31.0 Å². The first-order valence-electron chi connectivity index (χ1n) is 6.93. The third-order valence-corrected chi connectivity index (χ3v) is 2.49. The van der Waals surface area contributed by atoms with Crippen molar-refractivity contribution in [1.82, 2.24) is 0 Å². The molecule has 0 aromatic rings. The molecule has 2 N–H and O–H groups in total. The van der Waals surface area contributed by atoms with E-state index in [0.29, 0.717) is 6.61 Å². The standard InChI is InChI=1S/2C7H16O2/c1-4-7(3)9-5-6(2)8;1-4-6(2)9-7(3)5-8/h2*6-8H,4-5H2,1-3H3. The topological polar surface area (TPSA) is 58.9 Å². The maximum atomic E-state index is 8.77. The molecule has 4 heteroatoms. The predicted octanol–water partition coefficient (Wildman–Crippen LogP) is 2.36. The van der Waals surface area contributed by atoms with Gasteiger partial charge >= 0.3 is 0 Å². The normalized spacial score (nSPS) is 17.3. The number of hydrogen-bond acceptors (Lipinski definition) is 4. The summed E-state index contributed by atoms with van der Waals surface area (Å²) >= 11 is 0. The third-order valence-electron chi connectivity index (χ3n) is 2.49. The van der Waals surface area contributed by atoms with Crippen molar-refractivity contribution < 1.29 is 19.7 Å². The highest BCUT2D eigenvalue weighted by Gasteiger charge is 2.03. The number of ether oxygens (including phenoxy) is 2. The molecule has 0 rings (SSSR count). The van der Waals surface area contributed by atoms with E-state index >= 15 is 0 Å². The van der Waals surface area contributed by atoms with Crippen molar-refractivity contribution in [3.8, 4) is 0 Å². The largest absolute Gasteiger partial charge is 0.394 e. The summed E-state index contributed by atoms with van der Waals surface area (Å²) in [5.41, 5.74) is 0. The van der Waals surface area contributed by atoms with Crippen LogP contribution in [0, 0.1) is 0 Å². The molecule has 4 atom stereocenters. The summed E-state index contributed by atoms with van der Waals surface area (Å²) < 4.78 is 10.5. The average Bonchev–Trinajstić information content (AvgIpc) is 2.36. The van der Waals surface area contributed by atoms with Crippen LogP contribution in [0.1, 0.15) is 54.4 Å². The van der Waals surface area contributed by atoms with Crippen molar-refractivity contribution in [3.63, 3.8) is 0 Å². The second kappa shape index (κ2) is 13.3. The lowest BCUT2D eigenvalue weighted by molar-refractivity contribution is -0.0217. The molecule has 0 amide bonds. The Kier molecular flexibility index (Phi) is 14.9. The van der Waals surface area contributed by atoms with Crippen LogP contribution >= 0.6 is 0 Å². The van der Waals surface area contributed by atoms with Gasteiger partial charge in [-0.25, -0.2) is 0 Å². The van der Waals surface area contributed by atoms with Gasteiger partial charge in [0.05, 0.1) is 37.6 Å². The smallest absolute Gasteiger partial charge is 0.0781 e. The van der Waals surface area contributed by atoms with Gasteiger partial charge in [0.25, 0.3) is 0 Å². The molecular weight excluding hydrogens is 232 g/mol. The molecule has 0 saturated carbocycles. The minimum absolute atomic E-state index is 0.0139. The van der Waals surface area contributed by atoms with Crippen LogP contribution in [0.15, 0.2) is 0 Å². The van der Waals surface area contributed by atoms with E-state index in [9.17, 15) is 0 Å². The van der Waals surface area contributed by atoms with Crippen LogP contribution < -0.4 is 0 Å². The van der Waals surface area contributed by atoms with E-state index in [1.807, 2.05) is 20.8 Å². The summed E-state index contributed by atoms with van der Waals surface area (Å²) in [6.45, 7) is 12.3. The molecule has 4 nitrogen and oxygen atoms in total.